The van der Waals surface area contributed by atoms with Crippen LogP contribution in [0.2, 0.25) is 5.02 Å². The summed E-state index contributed by atoms with van der Waals surface area (Å²) in [6.07, 6.45) is 0. The van der Waals surface area contributed by atoms with Crippen LogP contribution in [0.1, 0.15) is 23.6 Å². The van der Waals surface area contributed by atoms with Crippen LogP contribution in [-0.4, -0.2) is 25.9 Å². The van der Waals surface area contributed by atoms with E-state index in [-0.39, 0.29) is 11.6 Å². The van der Waals surface area contributed by atoms with Crippen LogP contribution < -0.4 is 11.0 Å². The number of aromatic nitrogens is 3. The van der Waals surface area contributed by atoms with Gasteiger partial charge >= 0.3 is 5.69 Å². The second-order valence-corrected chi connectivity index (χ2v) is 8.29. The Kier molecular flexibility index (Phi) is 6.26. The number of H-pyrrole nitrogens is 1. The molecule has 0 radical (unpaired) electrons. The first kappa shape index (κ1) is 20.2. The minimum Gasteiger partial charge on any atom is -0.324 e. The van der Waals surface area contributed by atoms with Crippen molar-refractivity contribution < 1.29 is 4.79 Å². The van der Waals surface area contributed by atoms with Gasteiger partial charge in [-0.25, -0.2) is 9.89 Å². The number of rotatable bonds is 6. The summed E-state index contributed by atoms with van der Waals surface area (Å²) in [6, 6.07) is 13.4. The third-order valence-corrected chi connectivity index (χ3v) is 5.63. The fraction of sp³-hybridized carbons (Fsp3) is 0.250. The lowest BCUT2D eigenvalue weighted by Gasteiger charge is -2.15. The average molecular weight is 417 g/mol. The van der Waals surface area contributed by atoms with Crippen molar-refractivity contribution >= 4 is 35.0 Å². The van der Waals surface area contributed by atoms with E-state index in [1.165, 1.54) is 16.3 Å². The number of carbonyl (C=O) groups is 1. The fourth-order valence-corrected chi connectivity index (χ4v) is 4.03. The molecule has 0 saturated heterocycles. The number of halogens is 1. The maximum atomic E-state index is 12.7. The molecule has 8 heteroatoms. The van der Waals surface area contributed by atoms with Gasteiger partial charge in [-0.3, -0.25) is 9.36 Å². The molecular formula is C20H21ClN4O2S. The number of nitrogens with one attached hydrogen (secondary N) is 2. The van der Waals surface area contributed by atoms with Crippen LogP contribution in [0.3, 0.4) is 0 Å². The topological polar surface area (TPSA) is 79.8 Å². The highest BCUT2D eigenvalue weighted by Gasteiger charge is 2.20. The maximum absolute atomic E-state index is 12.7. The molecule has 0 saturated carbocycles. The number of amides is 1. The Morgan fingerprint density at radius 3 is 2.68 bits per heavy atom. The van der Waals surface area contributed by atoms with Crippen molar-refractivity contribution in [2.24, 2.45) is 0 Å². The van der Waals surface area contributed by atoms with E-state index >= 15 is 0 Å². The summed E-state index contributed by atoms with van der Waals surface area (Å²) in [4.78, 5) is 24.8. The lowest BCUT2D eigenvalue weighted by Crippen LogP contribution is -2.24. The molecule has 0 spiro atoms. The largest absolute Gasteiger partial charge is 0.344 e. The number of carbonyl (C=O) groups excluding carboxylic acids is 1. The number of anilines is 1. The summed E-state index contributed by atoms with van der Waals surface area (Å²) in [7, 11) is 0. The first-order chi connectivity index (χ1) is 13.3. The molecule has 2 aromatic carbocycles. The zero-order valence-electron chi connectivity index (χ0n) is 15.8. The van der Waals surface area contributed by atoms with Gasteiger partial charge in [0.1, 0.15) is 0 Å². The lowest BCUT2D eigenvalue weighted by atomic mass is 10.1. The molecule has 3 aromatic rings. The molecular weight excluding hydrogens is 396 g/mol. The normalized spacial score (nSPS) is 12.0. The number of hydrogen-bond acceptors (Lipinski definition) is 4. The molecule has 1 aromatic heterocycles. The van der Waals surface area contributed by atoms with E-state index in [4.69, 9.17) is 11.6 Å². The van der Waals surface area contributed by atoms with E-state index < -0.39 is 5.25 Å². The standard InChI is InChI=1S/C20H21ClN4O2S/c1-12-9-13(2)17(16(21)10-12)22-18(26)14(3)28-20-24-23-19(27)25(20)11-15-7-5-4-6-8-15/h4-10,14H,11H2,1-3H3,(H,22,26)(H,23,27)/t14-/m0/s1. The van der Waals surface area contributed by atoms with Gasteiger partial charge in [0, 0.05) is 0 Å². The third-order valence-electron chi connectivity index (χ3n) is 4.24. The molecule has 0 aliphatic heterocycles. The number of benzene rings is 2. The molecule has 2 N–H and O–H groups in total. The molecule has 1 atom stereocenters. The van der Waals surface area contributed by atoms with Gasteiger partial charge in [-0.15, -0.1) is 5.10 Å². The fourth-order valence-electron chi connectivity index (χ4n) is 2.81. The molecule has 28 heavy (non-hydrogen) atoms. The second kappa shape index (κ2) is 8.67. The average Bonchev–Trinajstić information content (AvgIpc) is 2.98. The van der Waals surface area contributed by atoms with Gasteiger partial charge in [-0.1, -0.05) is 59.8 Å². The van der Waals surface area contributed by atoms with Crippen LogP contribution in [0.4, 0.5) is 5.69 Å². The summed E-state index contributed by atoms with van der Waals surface area (Å²) in [5, 5.41) is 9.91. The van der Waals surface area contributed by atoms with Crippen molar-refractivity contribution in [3.05, 3.63) is 74.7 Å². The Bertz CT molecular complexity index is 1020. The van der Waals surface area contributed by atoms with E-state index in [0.717, 1.165) is 16.7 Å². The van der Waals surface area contributed by atoms with E-state index in [1.807, 2.05) is 56.3 Å². The Balaban J connectivity index is 1.74. The predicted molar refractivity (Wildman–Crippen MR) is 113 cm³/mol. The Morgan fingerprint density at radius 2 is 2.00 bits per heavy atom. The molecule has 1 heterocycles. The minimum atomic E-state index is -0.471. The van der Waals surface area contributed by atoms with Gasteiger partial charge in [0.05, 0.1) is 22.5 Å². The molecule has 0 fully saturated rings. The van der Waals surface area contributed by atoms with Crippen LogP contribution in [0.25, 0.3) is 0 Å². The predicted octanol–water partition coefficient (Wildman–Crippen LogP) is 4.01. The van der Waals surface area contributed by atoms with E-state index in [0.29, 0.717) is 22.4 Å². The summed E-state index contributed by atoms with van der Waals surface area (Å²) in [5.41, 5.74) is 3.21. The van der Waals surface area contributed by atoms with Gasteiger partial charge in [-0.05, 0) is 43.5 Å². The number of aromatic amines is 1. The molecule has 0 aliphatic carbocycles. The van der Waals surface area contributed by atoms with E-state index in [2.05, 4.69) is 15.5 Å². The Hall–Kier alpha value is -2.51. The molecule has 3 rings (SSSR count). The number of nitrogens with zero attached hydrogens (tertiary/aromatic N) is 2. The first-order valence-electron chi connectivity index (χ1n) is 8.78. The zero-order valence-corrected chi connectivity index (χ0v) is 17.4. The highest BCUT2D eigenvalue weighted by Crippen LogP contribution is 2.29. The Morgan fingerprint density at radius 1 is 1.29 bits per heavy atom. The summed E-state index contributed by atoms with van der Waals surface area (Å²) < 4.78 is 1.52. The van der Waals surface area contributed by atoms with Crippen molar-refractivity contribution in [1.82, 2.24) is 14.8 Å². The van der Waals surface area contributed by atoms with Crippen molar-refractivity contribution in [1.29, 1.82) is 0 Å². The number of aryl methyl sites for hydroxylation is 2. The van der Waals surface area contributed by atoms with Crippen molar-refractivity contribution in [3.8, 4) is 0 Å². The SMILES string of the molecule is Cc1cc(C)c(NC(=O)[C@H](C)Sc2n[nH]c(=O)n2Cc2ccccc2)c(Cl)c1. The van der Waals surface area contributed by atoms with Crippen molar-refractivity contribution in [2.45, 2.75) is 37.7 Å². The van der Waals surface area contributed by atoms with E-state index in [9.17, 15) is 9.59 Å². The maximum Gasteiger partial charge on any atom is 0.344 e. The van der Waals surface area contributed by atoms with Crippen LogP contribution in [0, 0.1) is 13.8 Å². The third kappa shape index (κ3) is 4.66. The number of thioether (sulfide) groups is 1. The molecule has 1 amide bonds. The van der Waals surface area contributed by atoms with Crippen LogP contribution in [-0.2, 0) is 11.3 Å². The summed E-state index contributed by atoms with van der Waals surface area (Å²) in [5.74, 6) is -0.208. The van der Waals surface area contributed by atoms with Crippen molar-refractivity contribution in [2.75, 3.05) is 5.32 Å². The zero-order chi connectivity index (χ0) is 20.3. The van der Waals surface area contributed by atoms with Gasteiger partial charge in [0.25, 0.3) is 0 Å². The smallest absolute Gasteiger partial charge is 0.324 e. The van der Waals surface area contributed by atoms with Gasteiger partial charge in [-0.2, -0.15) is 0 Å². The minimum absolute atomic E-state index is 0.208. The molecule has 0 aliphatic rings. The van der Waals surface area contributed by atoms with Crippen LogP contribution >= 0.6 is 23.4 Å². The highest BCUT2D eigenvalue weighted by molar-refractivity contribution is 8.00. The summed E-state index contributed by atoms with van der Waals surface area (Å²) in [6.45, 7) is 6.00. The van der Waals surface area contributed by atoms with Gasteiger partial charge in [0.15, 0.2) is 5.16 Å². The van der Waals surface area contributed by atoms with E-state index in [1.54, 1.807) is 6.92 Å². The molecule has 0 unspecified atom stereocenters. The van der Waals surface area contributed by atoms with Gasteiger partial charge < -0.3 is 5.32 Å². The molecule has 146 valence electrons. The number of hydrogen-bond donors (Lipinski definition) is 2. The second-order valence-electron chi connectivity index (χ2n) is 6.57. The molecule has 0 bridgehead atoms. The monoisotopic (exact) mass is 416 g/mol. The first-order valence-corrected chi connectivity index (χ1v) is 10.0. The highest BCUT2D eigenvalue weighted by atomic mass is 35.5. The van der Waals surface area contributed by atoms with Crippen molar-refractivity contribution in [3.63, 3.8) is 0 Å². The Labute approximate surface area is 172 Å². The quantitative estimate of drug-likeness (QED) is 0.595. The van der Waals surface area contributed by atoms with Gasteiger partial charge in [0.2, 0.25) is 5.91 Å². The summed E-state index contributed by atoms with van der Waals surface area (Å²) >= 11 is 7.50. The van der Waals surface area contributed by atoms with Crippen LogP contribution in [0.15, 0.2) is 52.4 Å². The molecule has 6 nitrogen and oxygen atoms in total. The van der Waals surface area contributed by atoms with Crippen LogP contribution in [0.5, 0.6) is 0 Å². The lowest BCUT2D eigenvalue weighted by molar-refractivity contribution is -0.115.